The van der Waals surface area contributed by atoms with Crippen LogP contribution in [-0.4, -0.2) is 37.0 Å². The van der Waals surface area contributed by atoms with Gasteiger partial charge >= 0.3 is 0 Å². The van der Waals surface area contributed by atoms with Gasteiger partial charge in [0, 0.05) is 32.0 Å². The van der Waals surface area contributed by atoms with Crippen molar-refractivity contribution >= 4 is 35.6 Å². The van der Waals surface area contributed by atoms with Crippen LogP contribution < -0.4 is 20.1 Å². The number of hydrogen-bond donors (Lipinski definition) is 2. The molecule has 126 valence electrons. The van der Waals surface area contributed by atoms with Crippen LogP contribution in [0.4, 0.5) is 5.69 Å². The molecule has 2 aromatic rings. The van der Waals surface area contributed by atoms with Crippen molar-refractivity contribution in [1.29, 1.82) is 0 Å². The van der Waals surface area contributed by atoms with Crippen molar-refractivity contribution in [1.82, 2.24) is 15.1 Å². The van der Waals surface area contributed by atoms with Gasteiger partial charge in [0.1, 0.15) is 0 Å². The third-order valence-corrected chi connectivity index (χ3v) is 3.23. The van der Waals surface area contributed by atoms with Gasteiger partial charge in [0.05, 0.1) is 26.5 Å². The van der Waals surface area contributed by atoms with Crippen LogP contribution in [0, 0.1) is 0 Å². The van der Waals surface area contributed by atoms with Crippen LogP contribution in [0.15, 0.2) is 35.5 Å². The lowest BCUT2D eigenvalue weighted by Gasteiger charge is -2.14. The fourth-order valence-corrected chi connectivity index (χ4v) is 1.98. The smallest absolute Gasteiger partial charge is 0.195 e. The first-order valence-corrected chi connectivity index (χ1v) is 6.84. The van der Waals surface area contributed by atoms with E-state index in [0.717, 1.165) is 11.4 Å². The Morgan fingerprint density at radius 1 is 1.22 bits per heavy atom. The number of guanidine groups is 1. The zero-order valence-corrected chi connectivity index (χ0v) is 16.0. The molecule has 0 saturated carbocycles. The van der Waals surface area contributed by atoms with Gasteiger partial charge in [0.15, 0.2) is 17.5 Å². The quantitative estimate of drug-likeness (QED) is 0.432. The van der Waals surface area contributed by atoms with Crippen molar-refractivity contribution in [3.8, 4) is 11.5 Å². The summed E-state index contributed by atoms with van der Waals surface area (Å²) >= 11 is 0. The van der Waals surface area contributed by atoms with Gasteiger partial charge in [-0.25, -0.2) is 0 Å². The lowest BCUT2D eigenvalue weighted by atomic mass is 10.2. The maximum absolute atomic E-state index is 5.29. The van der Waals surface area contributed by atoms with E-state index in [1.807, 2.05) is 36.0 Å². The molecule has 0 aliphatic carbocycles. The van der Waals surface area contributed by atoms with Crippen molar-refractivity contribution in [2.75, 3.05) is 26.6 Å². The van der Waals surface area contributed by atoms with Crippen molar-refractivity contribution in [3.05, 3.63) is 36.2 Å². The number of ether oxygens (including phenoxy) is 2. The summed E-state index contributed by atoms with van der Waals surface area (Å²) in [5.41, 5.74) is 1.92. The Morgan fingerprint density at radius 3 is 2.52 bits per heavy atom. The van der Waals surface area contributed by atoms with E-state index in [2.05, 4.69) is 20.7 Å². The van der Waals surface area contributed by atoms with Gasteiger partial charge in [-0.2, -0.15) is 5.10 Å². The number of hydrogen-bond acceptors (Lipinski definition) is 4. The molecule has 1 aromatic heterocycles. The Hall–Kier alpha value is -1.97. The predicted octanol–water partition coefficient (Wildman–Crippen LogP) is 2.24. The number of methoxy groups -OCH3 is 2. The fourth-order valence-electron chi connectivity index (χ4n) is 1.98. The molecular formula is C15H22IN5O2. The van der Waals surface area contributed by atoms with E-state index in [1.54, 1.807) is 27.5 Å². The summed E-state index contributed by atoms with van der Waals surface area (Å²) in [6.07, 6.45) is 1.77. The zero-order valence-electron chi connectivity index (χ0n) is 13.7. The van der Waals surface area contributed by atoms with Crippen LogP contribution in [0.25, 0.3) is 0 Å². The van der Waals surface area contributed by atoms with E-state index in [4.69, 9.17) is 9.47 Å². The minimum absolute atomic E-state index is 0. The number of aliphatic imine (C=N–C) groups is 1. The molecule has 1 aromatic carbocycles. The minimum atomic E-state index is 0. The van der Waals surface area contributed by atoms with Gasteiger partial charge in [-0.05, 0) is 18.2 Å². The summed E-state index contributed by atoms with van der Waals surface area (Å²) in [6.45, 7) is 0.628. The molecular weight excluding hydrogens is 409 g/mol. The van der Waals surface area contributed by atoms with Gasteiger partial charge in [0.25, 0.3) is 0 Å². The Bertz CT molecular complexity index is 657. The Labute approximate surface area is 153 Å². The van der Waals surface area contributed by atoms with E-state index in [0.29, 0.717) is 24.0 Å². The second-order valence-electron chi connectivity index (χ2n) is 4.57. The predicted molar refractivity (Wildman–Crippen MR) is 102 cm³/mol. The number of anilines is 1. The third-order valence-electron chi connectivity index (χ3n) is 3.23. The topological polar surface area (TPSA) is 72.7 Å². The Balaban J connectivity index is 0.00000264. The molecule has 0 fully saturated rings. The van der Waals surface area contributed by atoms with Crippen LogP contribution in [-0.2, 0) is 13.6 Å². The SMILES string of the molecule is CN=C(NCc1ccnn1C)Nc1ccc(OC)c(OC)c1.I. The van der Waals surface area contributed by atoms with Crippen molar-refractivity contribution in [3.63, 3.8) is 0 Å². The Morgan fingerprint density at radius 2 is 1.96 bits per heavy atom. The van der Waals surface area contributed by atoms with E-state index in [9.17, 15) is 0 Å². The first-order valence-electron chi connectivity index (χ1n) is 6.84. The number of aryl methyl sites for hydroxylation is 1. The fraction of sp³-hybridized carbons (Fsp3) is 0.333. The molecule has 2 rings (SSSR count). The minimum Gasteiger partial charge on any atom is -0.493 e. The molecule has 0 bridgehead atoms. The highest BCUT2D eigenvalue weighted by Gasteiger charge is 2.06. The highest BCUT2D eigenvalue weighted by molar-refractivity contribution is 14.0. The largest absolute Gasteiger partial charge is 0.493 e. The average molecular weight is 431 g/mol. The maximum Gasteiger partial charge on any atom is 0.195 e. The summed E-state index contributed by atoms with van der Waals surface area (Å²) < 4.78 is 12.3. The number of aromatic nitrogens is 2. The third kappa shape index (κ3) is 5.02. The number of nitrogens with zero attached hydrogens (tertiary/aromatic N) is 3. The molecule has 7 nitrogen and oxygen atoms in total. The monoisotopic (exact) mass is 431 g/mol. The molecule has 2 N–H and O–H groups in total. The van der Waals surface area contributed by atoms with Crippen LogP contribution in [0.5, 0.6) is 11.5 Å². The van der Waals surface area contributed by atoms with Gasteiger partial charge in [-0.1, -0.05) is 0 Å². The summed E-state index contributed by atoms with van der Waals surface area (Å²) in [5, 5.41) is 10.6. The van der Waals surface area contributed by atoms with Gasteiger partial charge < -0.3 is 20.1 Å². The summed E-state index contributed by atoms with van der Waals surface area (Å²) in [7, 11) is 6.84. The normalized spacial score (nSPS) is 10.7. The maximum atomic E-state index is 5.29. The molecule has 8 heteroatoms. The van der Waals surface area contributed by atoms with Crippen LogP contribution >= 0.6 is 24.0 Å². The molecule has 0 saturated heterocycles. The first-order chi connectivity index (χ1) is 10.7. The lowest BCUT2D eigenvalue weighted by molar-refractivity contribution is 0.355. The molecule has 0 amide bonds. The lowest BCUT2D eigenvalue weighted by Crippen LogP contribution is -2.30. The average Bonchev–Trinajstić information content (AvgIpc) is 2.96. The molecule has 0 aliphatic heterocycles. The second-order valence-corrected chi connectivity index (χ2v) is 4.57. The van der Waals surface area contributed by atoms with Gasteiger partial charge in [0.2, 0.25) is 0 Å². The molecule has 0 atom stereocenters. The summed E-state index contributed by atoms with van der Waals surface area (Å²) in [4.78, 5) is 4.20. The van der Waals surface area contributed by atoms with Crippen LogP contribution in [0.3, 0.4) is 0 Å². The van der Waals surface area contributed by atoms with Gasteiger partial charge in [-0.15, -0.1) is 24.0 Å². The zero-order chi connectivity index (χ0) is 15.9. The Kier molecular flexibility index (Phi) is 7.66. The molecule has 0 spiro atoms. The molecule has 0 aliphatic rings. The van der Waals surface area contributed by atoms with E-state index in [1.165, 1.54) is 0 Å². The molecule has 0 radical (unpaired) electrons. The van der Waals surface area contributed by atoms with E-state index < -0.39 is 0 Å². The second kappa shape index (κ2) is 9.23. The highest BCUT2D eigenvalue weighted by Crippen LogP contribution is 2.29. The number of halogens is 1. The first kappa shape index (κ1) is 19.1. The number of benzene rings is 1. The molecule has 1 heterocycles. The van der Waals surface area contributed by atoms with Gasteiger partial charge in [-0.3, -0.25) is 9.67 Å². The molecule has 0 unspecified atom stereocenters. The van der Waals surface area contributed by atoms with Crippen LogP contribution in [0.1, 0.15) is 5.69 Å². The number of nitrogens with one attached hydrogen (secondary N) is 2. The number of rotatable bonds is 5. The molecule has 23 heavy (non-hydrogen) atoms. The van der Waals surface area contributed by atoms with Crippen molar-refractivity contribution < 1.29 is 9.47 Å². The van der Waals surface area contributed by atoms with E-state index in [-0.39, 0.29) is 24.0 Å². The standard InChI is InChI=1S/C15H21N5O2.HI/c1-16-15(17-10-12-7-8-18-20(12)2)19-11-5-6-13(21-3)14(9-11)22-4;/h5-9H,10H2,1-4H3,(H2,16,17,19);1H. The summed E-state index contributed by atoms with van der Waals surface area (Å²) in [5.74, 6) is 2.01. The van der Waals surface area contributed by atoms with Crippen LogP contribution in [0.2, 0.25) is 0 Å². The summed E-state index contributed by atoms with van der Waals surface area (Å²) in [6, 6.07) is 7.56. The van der Waals surface area contributed by atoms with Crippen molar-refractivity contribution in [2.24, 2.45) is 12.0 Å². The van der Waals surface area contributed by atoms with E-state index >= 15 is 0 Å². The highest BCUT2D eigenvalue weighted by atomic mass is 127. The van der Waals surface area contributed by atoms with Crippen molar-refractivity contribution in [2.45, 2.75) is 6.54 Å².